The van der Waals surface area contributed by atoms with E-state index in [0.717, 1.165) is 42.1 Å². The van der Waals surface area contributed by atoms with Crippen molar-refractivity contribution in [2.24, 2.45) is 11.8 Å². The smallest absolute Gasteiger partial charge is 0.338 e. The highest BCUT2D eigenvalue weighted by molar-refractivity contribution is 5.95. The number of amides is 1. The van der Waals surface area contributed by atoms with E-state index in [4.69, 9.17) is 4.74 Å². The lowest BCUT2D eigenvalue weighted by atomic mass is 9.92. The van der Waals surface area contributed by atoms with Crippen LogP contribution in [0, 0.1) is 18.8 Å². The van der Waals surface area contributed by atoms with E-state index in [1.165, 1.54) is 0 Å². The molecule has 4 rings (SSSR count). The molecular formula is C24H27N3O3. The van der Waals surface area contributed by atoms with Gasteiger partial charge in [0, 0.05) is 18.8 Å². The van der Waals surface area contributed by atoms with Crippen molar-refractivity contribution in [3.63, 3.8) is 0 Å². The largest absolute Gasteiger partial charge is 0.452 e. The summed E-state index contributed by atoms with van der Waals surface area (Å²) in [4.78, 5) is 31.4. The van der Waals surface area contributed by atoms with Gasteiger partial charge >= 0.3 is 5.97 Å². The number of ether oxygens (including phenoxy) is 1. The molecule has 0 N–H and O–H groups in total. The van der Waals surface area contributed by atoms with Crippen molar-refractivity contribution in [1.82, 2.24) is 14.5 Å². The van der Waals surface area contributed by atoms with Crippen LogP contribution < -0.4 is 0 Å². The van der Waals surface area contributed by atoms with Gasteiger partial charge in [-0.05, 0) is 55.5 Å². The number of imidazole rings is 1. The second kappa shape index (κ2) is 8.30. The van der Waals surface area contributed by atoms with E-state index >= 15 is 0 Å². The first-order valence-electron chi connectivity index (χ1n) is 10.4. The summed E-state index contributed by atoms with van der Waals surface area (Å²) < 4.78 is 7.37. The molecule has 6 heteroatoms. The maximum atomic E-state index is 12.5. The number of fused-ring (bicyclic) bond motifs is 1. The summed E-state index contributed by atoms with van der Waals surface area (Å²) in [6.45, 7) is 7.45. The van der Waals surface area contributed by atoms with Crippen molar-refractivity contribution in [2.75, 3.05) is 19.7 Å². The topological polar surface area (TPSA) is 64.4 Å². The van der Waals surface area contributed by atoms with Crippen LogP contribution in [0.4, 0.5) is 0 Å². The number of likely N-dealkylation sites (tertiary alicyclic amines) is 1. The summed E-state index contributed by atoms with van der Waals surface area (Å²) in [7, 11) is 0. The molecule has 156 valence electrons. The van der Waals surface area contributed by atoms with Crippen LogP contribution in [0.5, 0.6) is 0 Å². The Balaban J connectivity index is 1.47. The van der Waals surface area contributed by atoms with Crippen molar-refractivity contribution >= 4 is 22.9 Å². The van der Waals surface area contributed by atoms with Gasteiger partial charge in [-0.15, -0.1) is 0 Å². The minimum Gasteiger partial charge on any atom is -0.452 e. The number of para-hydroxylation sites is 1. The van der Waals surface area contributed by atoms with Gasteiger partial charge in [-0.2, -0.15) is 0 Å². The highest BCUT2D eigenvalue weighted by Crippen LogP contribution is 2.23. The summed E-state index contributed by atoms with van der Waals surface area (Å²) in [6, 6.07) is 15.3. The lowest BCUT2D eigenvalue weighted by molar-refractivity contribution is -0.137. The Kier molecular flexibility index (Phi) is 5.57. The zero-order valence-electron chi connectivity index (χ0n) is 17.7. The maximum Gasteiger partial charge on any atom is 0.338 e. The Labute approximate surface area is 176 Å². The molecule has 0 bridgehead atoms. The van der Waals surface area contributed by atoms with E-state index in [-0.39, 0.29) is 12.5 Å². The molecule has 1 aliphatic heterocycles. The third-order valence-electron chi connectivity index (χ3n) is 5.62. The lowest BCUT2D eigenvalue weighted by Gasteiger charge is -2.34. The maximum absolute atomic E-state index is 12.5. The van der Waals surface area contributed by atoms with Gasteiger partial charge in [0.05, 0.1) is 16.6 Å². The molecule has 2 aromatic carbocycles. The highest BCUT2D eigenvalue weighted by Gasteiger charge is 2.26. The summed E-state index contributed by atoms with van der Waals surface area (Å²) in [5, 5.41) is 0. The van der Waals surface area contributed by atoms with Crippen molar-refractivity contribution < 1.29 is 14.3 Å². The number of hydrogen-bond donors (Lipinski definition) is 0. The van der Waals surface area contributed by atoms with Crippen LogP contribution in [0.3, 0.4) is 0 Å². The number of benzene rings is 2. The fourth-order valence-electron chi connectivity index (χ4n) is 4.40. The van der Waals surface area contributed by atoms with Gasteiger partial charge in [-0.25, -0.2) is 9.78 Å². The van der Waals surface area contributed by atoms with E-state index in [0.29, 0.717) is 17.4 Å². The number of esters is 1. The average Bonchev–Trinajstić information content (AvgIpc) is 3.06. The van der Waals surface area contributed by atoms with Crippen molar-refractivity contribution in [3.8, 4) is 5.69 Å². The number of piperidine rings is 1. The fraction of sp³-hybridized carbons (Fsp3) is 0.375. The summed E-state index contributed by atoms with van der Waals surface area (Å²) in [5.41, 5.74) is 3.05. The van der Waals surface area contributed by atoms with E-state index < -0.39 is 5.97 Å². The molecule has 0 radical (unpaired) electrons. The minimum absolute atomic E-state index is 0.132. The molecule has 0 aliphatic carbocycles. The van der Waals surface area contributed by atoms with Gasteiger partial charge in [-0.1, -0.05) is 32.0 Å². The molecule has 30 heavy (non-hydrogen) atoms. The molecule has 0 spiro atoms. The number of rotatable bonds is 4. The molecule has 1 saturated heterocycles. The molecule has 3 aromatic rings. The first kappa shape index (κ1) is 20.1. The molecule has 2 heterocycles. The van der Waals surface area contributed by atoms with Crippen molar-refractivity contribution in [3.05, 3.63) is 59.9 Å². The Morgan fingerprint density at radius 3 is 2.47 bits per heavy atom. The SMILES string of the molecule is Cc1nc2cc(C(=O)OCC(=O)N3C[C@@H](C)C[C@H](C)C3)ccc2n1-c1ccccc1. The van der Waals surface area contributed by atoms with E-state index in [1.807, 2.05) is 47.9 Å². The van der Waals surface area contributed by atoms with Crippen LogP contribution in [0.2, 0.25) is 0 Å². The predicted molar refractivity (Wildman–Crippen MR) is 116 cm³/mol. The van der Waals surface area contributed by atoms with Crippen LogP contribution in [0.15, 0.2) is 48.5 Å². The Morgan fingerprint density at radius 2 is 1.77 bits per heavy atom. The van der Waals surface area contributed by atoms with Crippen LogP contribution in [-0.4, -0.2) is 46.0 Å². The predicted octanol–water partition coefficient (Wildman–Crippen LogP) is 4.00. The zero-order valence-corrected chi connectivity index (χ0v) is 17.7. The van der Waals surface area contributed by atoms with Crippen LogP contribution >= 0.6 is 0 Å². The van der Waals surface area contributed by atoms with Gasteiger partial charge in [0.2, 0.25) is 0 Å². The second-order valence-electron chi connectivity index (χ2n) is 8.35. The van der Waals surface area contributed by atoms with Gasteiger partial charge in [0.15, 0.2) is 6.61 Å². The summed E-state index contributed by atoms with van der Waals surface area (Å²) in [5.74, 6) is 1.14. The molecule has 1 aromatic heterocycles. The average molecular weight is 405 g/mol. The number of carbonyl (C=O) groups excluding carboxylic acids is 2. The van der Waals surface area contributed by atoms with Gasteiger partial charge in [-0.3, -0.25) is 9.36 Å². The first-order valence-corrected chi connectivity index (χ1v) is 10.4. The number of aromatic nitrogens is 2. The molecule has 0 unspecified atom stereocenters. The highest BCUT2D eigenvalue weighted by atomic mass is 16.5. The van der Waals surface area contributed by atoms with Gasteiger partial charge < -0.3 is 9.64 Å². The molecule has 0 saturated carbocycles. The third-order valence-corrected chi connectivity index (χ3v) is 5.62. The van der Waals surface area contributed by atoms with Gasteiger partial charge in [0.1, 0.15) is 5.82 Å². The second-order valence-corrected chi connectivity index (χ2v) is 8.35. The van der Waals surface area contributed by atoms with Gasteiger partial charge in [0.25, 0.3) is 5.91 Å². The Morgan fingerprint density at radius 1 is 1.07 bits per heavy atom. The molecule has 1 amide bonds. The van der Waals surface area contributed by atoms with E-state index in [9.17, 15) is 9.59 Å². The van der Waals surface area contributed by atoms with Crippen molar-refractivity contribution in [2.45, 2.75) is 27.2 Å². The Bertz CT molecular complexity index is 1060. The standard InChI is InChI=1S/C24H27N3O3/c1-16-11-17(2)14-26(13-16)23(28)15-30-24(29)19-9-10-22-21(12-19)25-18(3)27(22)20-7-5-4-6-8-20/h4-10,12,16-17H,11,13-15H2,1-3H3/t16-,17-/m0/s1. The summed E-state index contributed by atoms with van der Waals surface area (Å²) >= 11 is 0. The quantitative estimate of drug-likeness (QED) is 0.616. The normalized spacial score (nSPS) is 19.1. The molecular weight excluding hydrogens is 378 g/mol. The fourth-order valence-corrected chi connectivity index (χ4v) is 4.40. The minimum atomic E-state index is -0.504. The molecule has 1 aliphatic rings. The molecule has 6 nitrogen and oxygen atoms in total. The number of hydrogen-bond acceptors (Lipinski definition) is 4. The zero-order chi connectivity index (χ0) is 21.3. The Hall–Kier alpha value is -3.15. The summed E-state index contributed by atoms with van der Waals surface area (Å²) in [6.07, 6.45) is 1.12. The van der Waals surface area contributed by atoms with E-state index in [1.54, 1.807) is 17.0 Å². The first-order chi connectivity index (χ1) is 14.4. The lowest BCUT2D eigenvalue weighted by Crippen LogP contribution is -2.44. The van der Waals surface area contributed by atoms with Crippen LogP contribution in [0.25, 0.3) is 16.7 Å². The third kappa shape index (κ3) is 4.08. The van der Waals surface area contributed by atoms with Crippen LogP contribution in [-0.2, 0) is 9.53 Å². The monoisotopic (exact) mass is 405 g/mol. The number of carbonyl (C=O) groups is 2. The number of nitrogens with zero attached hydrogens (tertiary/aromatic N) is 3. The molecule has 1 fully saturated rings. The van der Waals surface area contributed by atoms with Crippen LogP contribution in [0.1, 0.15) is 36.5 Å². The van der Waals surface area contributed by atoms with E-state index in [2.05, 4.69) is 18.8 Å². The number of aryl methyl sites for hydroxylation is 1. The molecule has 2 atom stereocenters. The van der Waals surface area contributed by atoms with Crippen molar-refractivity contribution in [1.29, 1.82) is 0 Å².